The van der Waals surface area contributed by atoms with E-state index < -0.39 is 8.03 Å². The Bertz CT molecular complexity index is 429. The van der Waals surface area contributed by atoms with Crippen LogP contribution in [-0.4, -0.2) is 46.2 Å². The van der Waals surface area contributed by atoms with Crippen LogP contribution in [0.25, 0.3) is 0 Å². The normalized spacial score (nSPS) is 11.1. The van der Waals surface area contributed by atoms with Crippen LogP contribution < -0.4 is 5.30 Å². The number of hydrogen-bond acceptors (Lipinski definition) is 5. The van der Waals surface area contributed by atoms with Gasteiger partial charge in [-0.25, -0.2) is 0 Å². The summed E-state index contributed by atoms with van der Waals surface area (Å²) < 4.78 is 32.5. The van der Waals surface area contributed by atoms with E-state index >= 15 is 0 Å². The van der Waals surface area contributed by atoms with Crippen molar-refractivity contribution in [2.24, 2.45) is 0 Å². The van der Waals surface area contributed by atoms with E-state index in [2.05, 4.69) is 5.92 Å². The van der Waals surface area contributed by atoms with Crippen molar-refractivity contribution in [3.63, 3.8) is 0 Å². The summed E-state index contributed by atoms with van der Waals surface area (Å²) in [5.74, 6) is 2.37. The summed E-state index contributed by atoms with van der Waals surface area (Å²) in [7, 11) is -1.81. The number of terminal acetylenes is 1. The summed E-state index contributed by atoms with van der Waals surface area (Å²) in [5, 5.41) is 0.683. The predicted molar refractivity (Wildman–Crippen MR) is 80.9 cm³/mol. The quantitative estimate of drug-likeness (QED) is 0.334. The Kier molecular flexibility index (Phi) is 10.5. The molecule has 0 aliphatic heterocycles. The largest absolute Gasteiger partial charge is 0.548 e. The monoisotopic (exact) mass is 311 g/mol. The van der Waals surface area contributed by atoms with E-state index in [4.69, 9.17) is 25.2 Å². The van der Waals surface area contributed by atoms with Crippen LogP contribution in [0.5, 0.6) is 0 Å². The Morgan fingerprint density at radius 3 is 2.10 bits per heavy atom. The lowest BCUT2D eigenvalue weighted by Gasteiger charge is -2.04. The molecule has 1 rings (SSSR count). The van der Waals surface area contributed by atoms with E-state index in [9.17, 15) is 4.57 Å². The van der Waals surface area contributed by atoms with Gasteiger partial charge in [-0.15, -0.1) is 10.9 Å². The van der Waals surface area contributed by atoms with Crippen LogP contribution in [0.1, 0.15) is 0 Å². The van der Waals surface area contributed by atoms with E-state index in [0.29, 0.717) is 44.9 Å². The molecule has 0 saturated heterocycles. The molecular formula is C15H20O5P+. The molecule has 1 aromatic rings. The van der Waals surface area contributed by atoms with Crippen LogP contribution in [0.15, 0.2) is 30.3 Å². The van der Waals surface area contributed by atoms with Gasteiger partial charge in [0.2, 0.25) is 5.30 Å². The van der Waals surface area contributed by atoms with Crippen LogP contribution in [0.3, 0.4) is 0 Å². The van der Waals surface area contributed by atoms with Crippen LogP contribution in [0, 0.1) is 12.3 Å². The summed E-state index contributed by atoms with van der Waals surface area (Å²) in [6, 6.07) is 9.07. The summed E-state index contributed by atoms with van der Waals surface area (Å²) in [6.07, 6.45) is 5.03. The second-order valence-electron chi connectivity index (χ2n) is 3.91. The summed E-state index contributed by atoms with van der Waals surface area (Å²) >= 11 is 0. The molecule has 0 saturated carbocycles. The molecule has 0 aliphatic carbocycles. The van der Waals surface area contributed by atoms with Crippen molar-refractivity contribution in [3.05, 3.63) is 30.3 Å². The summed E-state index contributed by atoms with van der Waals surface area (Å²) in [6.45, 7) is 2.87. The maximum absolute atomic E-state index is 11.7. The van der Waals surface area contributed by atoms with Crippen LogP contribution in [-0.2, 0) is 23.3 Å². The molecule has 0 aliphatic rings. The first-order chi connectivity index (χ1) is 10.3. The molecule has 0 radical (unpaired) electrons. The standard InChI is InChI=1S/C15H20O5P/c1-2-8-17-9-10-18-11-12-19-13-14-20-21(16)15-6-4-3-5-7-15/h1,3-7H,8-14H2/q+1. The second-order valence-corrected chi connectivity index (χ2v) is 5.20. The number of benzene rings is 1. The van der Waals surface area contributed by atoms with Gasteiger partial charge in [0.25, 0.3) is 0 Å². The van der Waals surface area contributed by atoms with Crippen molar-refractivity contribution >= 4 is 13.3 Å². The molecule has 0 fully saturated rings. The molecule has 0 bridgehead atoms. The average molecular weight is 311 g/mol. The van der Waals surface area contributed by atoms with E-state index in [0.717, 1.165) is 0 Å². The van der Waals surface area contributed by atoms with Crippen LogP contribution in [0.4, 0.5) is 0 Å². The summed E-state index contributed by atoms with van der Waals surface area (Å²) in [4.78, 5) is 0. The highest BCUT2D eigenvalue weighted by molar-refractivity contribution is 7.48. The molecule has 0 spiro atoms. The predicted octanol–water partition coefficient (Wildman–Crippen LogP) is 1.75. The topological polar surface area (TPSA) is 54.0 Å². The van der Waals surface area contributed by atoms with Gasteiger partial charge >= 0.3 is 8.03 Å². The van der Waals surface area contributed by atoms with Gasteiger partial charge in [0.15, 0.2) is 0 Å². The lowest BCUT2D eigenvalue weighted by atomic mass is 10.4. The number of rotatable bonds is 12. The minimum absolute atomic E-state index is 0.287. The zero-order valence-corrected chi connectivity index (χ0v) is 12.8. The molecule has 21 heavy (non-hydrogen) atoms. The Morgan fingerprint density at radius 2 is 1.48 bits per heavy atom. The smallest absolute Gasteiger partial charge is 0.377 e. The van der Waals surface area contributed by atoms with Gasteiger partial charge in [-0.05, 0) is 16.7 Å². The van der Waals surface area contributed by atoms with Crippen LogP contribution >= 0.6 is 8.03 Å². The molecular weight excluding hydrogens is 291 g/mol. The SMILES string of the molecule is C#CCOCCOCCOCCO[P+](=O)c1ccccc1. The van der Waals surface area contributed by atoms with Gasteiger partial charge < -0.3 is 14.2 Å². The highest BCUT2D eigenvalue weighted by Crippen LogP contribution is 2.20. The third-order valence-corrected chi connectivity index (χ3v) is 3.47. The molecule has 1 unspecified atom stereocenters. The second kappa shape index (κ2) is 12.5. The molecule has 1 aromatic carbocycles. The Balaban J connectivity index is 1.89. The lowest BCUT2D eigenvalue weighted by Crippen LogP contribution is -2.11. The van der Waals surface area contributed by atoms with E-state index in [1.165, 1.54) is 0 Å². The molecule has 1 atom stereocenters. The average Bonchev–Trinajstić information content (AvgIpc) is 2.53. The maximum Gasteiger partial charge on any atom is 0.548 e. The Labute approximate surface area is 126 Å². The Morgan fingerprint density at radius 1 is 0.905 bits per heavy atom. The van der Waals surface area contributed by atoms with Crippen molar-refractivity contribution in [1.82, 2.24) is 0 Å². The van der Waals surface area contributed by atoms with Crippen molar-refractivity contribution in [2.75, 3.05) is 46.2 Å². The molecule has 5 nitrogen and oxygen atoms in total. The first-order valence-corrected chi connectivity index (χ1v) is 7.84. The molecule has 0 amide bonds. The van der Waals surface area contributed by atoms with Crippen molar-refractivity contribution in [2.45, 2.75) is 0 Å². The highest BCUT2D eigenvalue weighted by Gasteiger charge is 2.20. The number of ether oxygens (including phenoxy) is 3. The summed E-state index contributed by atoms with van der Waals surface area (Å²) in [5.41, 5.74) is 0. The molecule has 6 heteroatoms. The van der Waals surface area contributed by atoms with Crippen molar-refractivity contribution in [3.8, 4) is 12.3 Å². The van der Waals surface area contributed by atoms with E-state index in [1.54, 1.807) is 12.1 Å². The van der Waals surface area contributed by atoms with Crippen LogP contribution in [0.2, 0.25) is 0 Å². The zero-order valence-electron chi connectivity index (χ0n) is 11.9. The van der Waals surface area contributed by atoms with Gasteiger partial charge in [0.1, 0.15) is 13.2 Å². The fourth-order valence-corrected chi connectivity index (χ4v) is 2.18. The minimum Gasteiger partial charge on any atom is -0.377 e. The van der Waals surface area contributed by atoms with Gasteiger partial charge in [0, 0.05) is 0 Å². The maximum atomic E-state index is 11.7. The Hall–Kier alpha value is -1.28. The third kappa shape index (κ3) is 9.30. The first-order valence-electron chi connectivity index (χ1n) is 6.66. The van der Waals surface area contributed by atoms with Gasteiger partial charge in [-0.3, -0.25) is 0 Å². The zero-order chi connectivity index (χ0) is 15.2. The lowest BCUT2D eigenvalue weighted by molar-refractivity contribution is 0.0148. The fourth-order valence-electron chi connectivity index (χ4n) is 1.37. The van der Waals surface area contributed by atoms with Gasteiger partial charge in [0.05, 0.1) is 33.0 Å². The third-order valence-electron chi connectivity index (χ3n) is 2.33. The first kappa shape index (κ1) is 17.8. The molecule has 0 heterocycles. The van der Waals surface area contributed by atoms with E-state index in [-0.39, 0.29) is 6.61 Å². The highest BCUT2D eigenvalue weighted by atomic mass is 31.1. The molecule has 0 aromatic heterocycles. The minimum atomic E-state index is -1.81. The van der Waals surface area contributed by atoms with E-state index in [1.807, 2.05) is 18.2 Å². The fraction of sp³-hybridized carbons (Fsp3) is 0.467. The van der Waals surface area contributed by atoms with Crippen molar-refractivity contribution in [1.29, 1.82) is 0 Å². The van der Waals surface area contributed by atoms with Gasteiger partial charge in [-0.2, -0.15) is 0 Å². The van der Waals surface area contributed by atoms with Gasteiger partial charge in [-0.1, -0.05) is 24.1 Å². The van der Waals surface area contributed by atoms with Crippen molar-refractivity contribution < 1.29 is 23.3 Å². The number of hydrogen-bond donors (Lipinski definition) is 0. The molecule has 114 valence electrons. The molecule has 0 N–H and O–H groups in total.